The van der Waals surface area contributed by atoms with E-state index in [1.54, 1.807) is 49.4 Å². The van der Waals surface area contributed by atoms with E-state index in [-0.39, 0.29) is 11.4 Å². The number of hydrogen-bond acceptors (Lipinski definition) is 5. The van der Waals surface area contributed by atoms with Crippen LogP contribution in [0.3, 0.4) is 0 Å². The van der Waals surface area contributed by atoms with Crippen LogP contribution in [-0.2, 0) is 16.6 Å². The van der Waals surface area contributed by atoms with Gasteiger partial charge in [0.25, 0.3) is 0 Å². The van der Waals surface area contributed by atoms with Crippen LogP contribution in [0.1, 0.15) is 24.2 Å². The van der Waals surface area contributed by atoms with Crippen molar-refractivity contribution in [2.75, 3.05) is 14.2 Å². The fraction of sp³-hybridized carbons (Fsp3) is 0.250. The van der Waals surface area contributed by atoms with Crippen molar-refractivity contribution >= 4 is 21.6 Å². The van der Waals surface area contributed by atoms with Gasteiger partial charge in [-0.2, -0.15) is 4.31 Å². The lowest BCUT2D eigenvalue weighted by Crippen LogP contribution is -2.41. The summed E-state index contributed by atoms with van der Waals surface area (Å²) < 4.78 is 39.2. The largest absolute Gasteiger partial charge is 0.493 e. The number of sulfonamides is 1. The highest BCUT2D eigenvalue weighted by Crippen LogP contribution is 2.32. The van der Waals surface area contributed by atoms with E-state index in [0.717, 1.165) is 0 Å². The van der Waals surface area contributed by atoms with Crippen molar-refractivity contribution in [3.63, 3.8) is 0 Å². The van der Waals surface area contributed by atoms with Crippen LogP contribution in [-0.4, -0.2) is 38.1 Å². The van der Waals surface area contributed by atoms with Gasteiger partial charge in [0.05, 0.1) is 31.3 Å². The van der Waals surface area contributed by atoms with E-state index in [9.17, 15) is 13.5 Å². The predicted molar refractivity (Wildman–Crippen MR) is 125 cm³/mol. The van der Waals surface area contributed by atoms with Crippen molar-refractivity contribution in [3.05, 3.63) is 88.9 Å². The molecule has 8 heteroatoms. The second kappa shape index (κ2) is 10.4. The van der Waals surface area contributed by atoms with Gasteiger partial charge in [-0.1, -0.05) is 48.0 Å². The molecule has 3 rings (SSSR count). The molecule has 3 aromatic rings. The molecule has 170 valence electrons. The summed E-state index contributed by atoms with van der Waals surface area (Å²) in [4.78, 5) is 0.0921. The zero-order valence-electron chi connectivity index (χ0n) is 18.1. The van der Waals surface area contributed by atoms with Crippen LogP contribution in [0.5, 0.6) is 11.5 Å². The highest BCUT2D eigenvalue weighted by molar-refractivity contribution is 7.89. The first kappa shape index (κ1) is 24.1. The lowest BCUT2D eigenvalue weighted by Gasteiger charge is -2.32. The molecule has 2 atom stereocenters. The number of aliphatic hydroxyl groups excluding tert-OH is 1. The monoisotopic (exact) mass is 475 g/mol. The molecule has 0 spiro atoms. The third kappa shape index (κ3) is 5.24. The summed E-state index contributed by atoms with van der Waals surface area (Å²) in [6.45, 7) is 1.71. The maximum Gasteiger partial charge on any atom is 0.243 e. The molecule has 0 amide bonds. The Balaban J connectivity index is 2.03. The van der Waals surface area contributed by atoms with Gasteiger partial charge in [0.2, 0.25) is 10.0 Å². The second-order valence-electron chi connectivity index (χ2n) is 7.29. The maximum absolute atomic E-state index is 13.6. The van der Waals surface area contributed by atoms with Gasteiger partial charge in [0, 0.05) is 11.6 Å². The summed E-state index contributed by atoms with van der Waals surface area (Å²) in [5, 5.41) is 11.4. The molecule has 6 nitrogen and oxygen atoms in total. The number of ether oxygens (including phenoxy) is 2. The van der Waals surface area contributed by atoms with E-state index >= 15 is 0 Å². The van der Waals surface area contributed by atoms with Crippen molar-refractivity contribution in [2.24, 2.45) is 0 Å². The van der Waals surface area contributed by atoms with Gasteiger partial charge in [-0.25, -0.2) is 8.42 Å². The molecule has 0 bridgehead atoms. The van der Waals surface area contributed by atoms with E-state index < -0.39 is 22.2 Å². The van der Waals surface area contributed by atoms with Crippen molar-refractivity contribution in [1.29, 1.82) is 0 Å². The van der Waals surface area contributed by atoms with E-state index in [0.29, 0.717) is 27.6 Å². The fourth-order valence-corrected chi connectivity index (χ4v) is 5.18. The number of methoxy groups -OCH3 is 2. The van der Waals surface area contributed by atoms with Crippen LogP contribution in [0.15, 0.2) is 77.7 Å². The number of rotatable bonds is 9. The van der Waals surface area contributed by atoms with Crippen LogP contribution in [0.4, 0.5) is 0 Å². The quantitative estimate of drug-likeness (QED) is 0.486. The molecule has 0 aromatic heterocycles. The molecule has 0 unspecified atom stereocenters. The molecule has 0 aliphatic heterocycles. The lowest BCUT2D eigenvalue weighted by atomic mass is 10.0. The van der Waals surface area contributed by atoms with Crippen LogP contribution in [0.25, 0.3) is 0 Å². The fourth-order valence-electron chi connectivity index (χ4n) is 3.43. The van der Waals surface area contributed by atoms with Gasteiger partial charge in [0.15, 0.2) is 11.5 Å². The van der Waals surface area contributed by atoms with Crippen LogP contribution in [0, 0.1) is 0 Å². The third-order valence-corrected chi connectivity index (χ3v) is 7.46. The van der Waals surface area contributed by atoms with Crippen LogP contribution in [0.2, 0.25) is 5.02 Å². The number of nitrogens with zero attached hydrogens (tertiary/aromatic N) is 1. The topological polar surface area (TPSA) is 76.1 Å². The molecular weight excluding hydrogens is 450 g/mol. The van der Waals surface area contributed by atoms with Crippen molar-refractivity contribution in [2.45, 2.75) is 30.5 Å². The maximum atomic E-state index is 13.6. The minimum Gasteiger partial charge on any atom is -0.493 e. The van der Waals surface area contributed by atoms with Gasteiger partial charge in [-0.15, -0.1) is 0 Å². The van der Waals surface area contributed by atoms with E-state index in [4.69, 9.17) is 21.1 Å². The first-order valence-corrected chi connectivity index (χ1v) is 11.8. The number of halogens is 1. The van der Waals surface area contributed by atoms with Gasteiger partial charge in [-0.3, -0.25) is 0 Å². The van der Waals surface area contributed by atoms with Gasteiger partial charge in [0.1, 0.15) is 0 Å². The Kier molecular flexibility index (Phi) is 7.79. The number of benzene rings is 3. The molecule has 32 heavy (non-hydrogen) atoms. The summed E-state index contributed by atoms with van der Waals surface area (Å²) >= 11 is 5.95. The van der Waals surface area contributed by atoms with Gasteiger partial charge in [-0.05, 0) is 54.4 Å². The Labute approximate surface area is 194 Å². The molecule has 0 saturated heterocycles. The standard InChI is InChI=1S/C24H26ClNO5S/c1-17(24(27)19-7-5-4-6-8-19)26(32(28,29)21-12-10-20(25)11-13-21)16-18-9-14-22(30-2)23(15-18)31-3/h4-15,17,24,27H,16H2,1-3H3/t17-,24-/m0/s1. The number of aliphatic hydroxyl groups is 1. The summed E-state index contributed by atoms with van der Waals surface area (Å²) in [5.41, 5.74) is 1.32. The molecule has 0 heterocycles. The highest BCUT2D eigenvalue weighted by Gasteiger charge is 2.34. The Bertz CT molecular complexity index is 1140. The minimum atomic E-state index is -3.96. The van der Waals surface area contributed by atoms with Crippen molar-refractivity contribution in [1.82, 2.24) is 4.31 Å². The molecule has 0 aliphatic rings. The normalized spacial score (nSPS) is 13.6. The molecule has 0 radical (unpaired) electrons. The Morgan fingerprint density at radius 2 is 1.56 bits per heavy atom. The second-order valence-corrected chi connectivity index (χ2v) is 9.62. The van der Waals surface area contributed by atoms with Crippen LogP contribution < -0.4 is 9.47 Å². The zero-order valence-corrected chi connectivity index (χ0v) is 19.7. The smallest absolute Gasteiger partial charge is 0.243 e. The SMILES string of the molecule is COc1ccc(CN([C@@H](C)[C@H](O)c2ccccc2)S(=O)(=O)c2ccc(Cl)cc2)cc1OC. The van der Waals surface area contributed by atoms with Gasteiger partial charge < -0.3 is 14.6 Å². The average Bonchev–Trinajstić information content (AvgIpc) is 2.82. The Morgan fingerprint density at radius 1 is 0.938 bits per heavy atom. The summed E-state index contributed by atoms with van der Waals surface area (Å²) in [6.07, 6.45) is -1.03. The van der Waals surface area contributed by atoms with E-state index in [2.05, 4.69) is 0 Å². The molecular formula is C24H26ClNO5S. The van der Waals surface area contributed by atoms with E-state index in [1.165, 1.54) is 42.8 Å². The first-order valence-electron chi connectivity index (χ1n) is 9.99. The highest BCUT2D eigenvalue weighted by atomic mass is 35.5. The summed E-state index contributed by atoms with van der Waals surface area (Å²) in [7, 11) is -0.907. The van der Waals surface area contributed by atoms with Crippen molar-refractivity contribution < 1.29 is 23.0 Å². The lowest BCUT2D eigenvalue weighted by molar-refractivity contribution is 0.0960. The van der Waals surface area contributed by atoms with Gasteiger partial charge >= 0.3 is 0 Å². The van der Waals surface area contributed by atoms with E-state index in [1.807, 2.05) is 6.07 Å². The Morgan fingerprint density at radius 3 is 2.16 bits per heavy atom. The molecule has 1 N–H and O–H groups in total. The molecule has 0 saturated carbocycles. The average molecular weight is 476 g/mol. The summed E-state index contributed by atoms with van der Waals surface area (Å²) in [6, 6.07) is 19.4. The Hall–Kier alpha value is -2.58. The van der Waals surface area contributed by atoms with Crippen LogP contribution >= 0.6 is 11.6 Å². The number of hydrogen-bond donors (Lipinski definition) is 1. The predicted octanol–water partition coefficient (Wildman–Crippen LogP) is 4.67. The molecule has 0 fully saturated rings. The zero-order chi connectivity index (χ0) is 23.3. The first-order chi connectivity index (χ1) is 15.3. The minimum absolute atomic E-state index is 0.0242. The summed E-state index contributed by atoms with van der Waals surface area (Å²) in [5.74, 6) is 1.03. The molecule has 0 aliphatic carbocycles. The van der Waals surface area contributed by atoms with Crippen molar-refractivity contribution in [3.8, 4) is 11.5 Å². The third-order valence-electron chi connectivity index (χ3n) is 5.26. The molecule has 3 aromatic carbocycles.